The maximum Gasteiger partial charge on any atom is 0.167 e. The molecule has 0 saturated heterocycles. The molecule has 0 spiro atoms. The fourth-order valence-electron chi connectivity index (χ4n) is 6.76. The number of carbonyl (C=O) groups is 2. The van der Waals surface area contributed by atoms with E-state index in [4.69, 9.17) is 4.74 Å². The van der Waals surface area contributed by atoms with Gasteiger partial charge in [0.2, 0.25) is 0 Å². The van der Waals surface area contributed by atoms with Gasteiger partial charge in [-0.3, -0.25) is 9.59 Å². The van der Waals surface area contributed by atoms with Crippen LogP contribution in [0.4, 0.5) is 0 Å². The van der Waals surface area contributed by atoms with E-state index in [2.05, 4.69) is 13.8 Å². The summed E-state index contributed by atoms with van der Waals surface area (Å²) in [6.07, 6.45) is 9.74. The smallest absolute Gasteiger partial charge is 0.167 e. The van der Waals surface area contributed by atoms with Crippen molar-refractivity contribution in [1.82, 2.24) is 0 Å². The molecule has 4 aliphatic carbocycles. The van der Waals surface area contributed by atoms with Crippen LogP contribution >= 0.6 is 0 Å². The zero-order valence-corrected chi connectivity index (χ0v) is 16.7. The Labute approximate surface area is 157 Å². The van der Waals surface area contributed by atoms with Crippen molar-refractivity contribution in [2.45, 2.75) is 78.2 Å². The Morgan fingerprint density at radius 2 is 1.92 bits per heavy atom. The Morgan fingerprint density at radius 1 is 1.15 bits per heavy atom. The molecule has 2 saturated carbocycles. The van der Waals surface area contributed by atoms with E-state index >= 15 is 0 Å². The van der Waals surface area contributed by atoms with Crippen LogP contribution in [0.3, 0.4) is 0 Å². The number of rotatable bonds is 3. The molecule has 5 atom stereocenters. The van der Waals surface area contributed by atoms with E-state index in [-0.39, 0.29) is 16.9 Å². The molecule has 26 heavy (non-hydrogen) atoms. The molecule has 0 aromatic rings. The van der Waals surface area contributed by atoms with E-state index in [0.29, 0.717) is 29.8 Å². The second-order valence-corrected chi connectivity index (χ2v) is 9.42. The average molecular weight is 357 g/mol. The summed E-state index contributed by atoms with van der Waals surface area (Å²) in [5, 5.41) is 0. The molecule has 2 fully saturated rings. The predicted octanol–water partition coefficient (Wildman–Crippen LogP) is 4.80. The number of allylic oxidation sites excluding steroid dienone is 4. The van der Waals surface area contributed by atoms with E-state index in [1.54, 1.807) is 12.7 Å². The number of ether oxygens (including phenoxy) is 1. The fourth-order valence-corrected chi connectivity index (χ4v) is 6.76. The Hall–Kier alpha value is -1.22. The van der Waals surface area contributed by atoms with Crippen LogP contribution in [0, 0.1) is 22.7 Å². The maximum atomic E-state index is 13.2. The van der Waals surface area contributed by atoms with Gasteiger partial charge in [-0.25, -0.2) is 0 Å². The second kappa shape index (κ2) is 6.15. The summed E-state index contributed by atoms with van der Waals surface area (Å²) in [4.78, 5) is 25.0. The van der Waals surface area contributed by atoms with Gasteiger partial charge in [0, 0.05) is 18.9 Å². The number of Topliss-reactive ketones (excluding diaryl/α,β-unsaturated/α-hetero) is 1. The van der Waals surface area contributed by atoms with Crippen molar-refractivity contribution in [2.75, 3.05) is 7.11 Å². The summed E-state index contributed by atoms with van der Waals surface area (Å²) >= 11 is 0. The topological polar surface area (TPSA) is 43.4 Å². The number of carbonyl (C=O) groups excluding carboxylic acids is 2. The molecule has 0 aliphatic heterocycles. The van der Waals surface area contributed by atoms with Gasteiger partial charge in [-0.05, 0) is 86.3 Å². The van der Waals surface area contributed by atoms with Gasteiger partial charge in [-0.2, -0.15) is 0 Å². The molecule has 0 aromatic heterocycles. The lowest BCUT2D eigenvalue weighted by atomic mass is 9.51. The molecule has 0 radical (unpaired) electrons. The van der Waals surface area contributed by atoms with Crippen molar-refractivity contribution in [3.8, 4) is 0 Å². The lowest BCUT2D eigenvalue weighted by Gasteiger charge is -2.52. The molecule has 3 nitrogen and oxygen atoms in total. The predicted molar refractivity (Wildman–Crippen MR) is 102 cm³/mol. The molecule has 0 amide bonds. The summed E-state index contributed by atoms with van der Waals surface area (Å²) in [6.45, 7) is 6.48. The van der Waals surface area contributed by atoms with E-state index in [1.165, 1.54) is 11.1 Å². The highest BCUT2D eigenvalue weighted by Crippen LogP contribution is 2.67. The Kier molecular flexibility index (Phi) is 4.30. The third-order valence-corrected chi connectivity index (χ3v) is 8.60. The molecule has 3 heteroatoms. The summed E-state index contributed by atoms with van der Waals surface area (Å²) < 4.78 is 5.40. The number of ketones is 2. The van der Waals surface area contributed by atoms with Crippen LogP contribution in [-0.4, -0.2) is 24.8 Å². The van der Waals surface area contributed by atoms with Crippen LogP contribution in [0.15, 0.2) is 22.8 Å². The van der Waals surface area contributed by atoms with Crippen molar-refractivity contribution in [3.63, 3.8) is 0 Å². The van der Waals surface area contributed by atoms with Gasteiger partial charge in [0.05, 0.1) is 0 Å². The highest BCUT2D eigenvalue weighted by Gasteiger charge is 2.62. The molecule has 0 heterocycles. The Balaban J connectivity index is 1.69. The van der Waals surface area contributed by atoms with Crippen LogP contribution in [0.1, 0.15) is 72.1 Å². The van der Waals surface area contributed by atoms with Gasteiger partial charge < -0.3 is 4.74 Å². The lowest BCUT2D eigenvalue weighted by molar-refractivity contribution is -0.146. The number of fused-ring (bicyclic) bond motifs is 4. The van der Waals surface area contributed by atoms with Gasteiger partial charge in [0.1, 0.15) is 6.10 Å². The summed E-state index contributed by atoms with van der Waals surface area (Å²) in [6, 6.07) is 0. The molecular weight excluding hydrogens is 324 g/mol. The first kappa shape index (κ1) is 18.2. The van der Waals surface area contributed by atoms with E-state index in [0.717, 1.165) is 44.9 Å². The molecule has 0 N–H and O–H groups in total. The first-order chi connectivity index (χ1) is 12.3. The maximum absolute atomic E-state index is 13.2. The van der Waals surface area contributed by atoms with Gasteiger partial charge in [-0.1, -0.05) is 19.4 Å². The molecule has 4 aliphatic rings. The molecule has 5 unspecified atom stereocenters. The van der Waals surface area contributed by atoms with Gasteiger partial charge >= 0.3 is 0 Å². The number of methoxy groups -OCH3 is 1. The molecule has 142 valence electrons. The van der Waals surface area contributed by atoms with Crippen LogP contribution in [0.5, 0.6) is 0 Å². The highest BCUT2D eigenvalue weighted by atomic mass is 16.5. The fraction of sp³-hybridized carbons (Fsp3) is 0.739. The summed E-state index contributed by atoms with van der Waals surface area (Å²) in [5.74, 6) is 1.80. The van der Waals surface area contributed by atoms with E-state index < -0.39 is 0 Å². The molecule has 0 bridgehead atoms. The van der Waals surface area contributed by atoms with E-state index in [1.807, 2.05) is 13.0 Å². The summed E-state index contributed by atoms with van der Waals surface area (Å²) in [7, 11) is 1.64. The van der Waals surface area contributed by atoms with Crippen LogP contribution in [-0.2, 0) is 14.3 Å². The lowest BCUT2D eigenvalue weighted by Crippen LogP contribution is -2.50. The third kappa shape index (κ3) is 2.35. The van der Waals surface area contributed by atoms with Crippen molar-refractivity contribution in [1.29, 1.82) is 0 Å². The molecule has 4 rings (SSSR count). The highest BCUT2D eigenvalue weighted by molar-refractivity contribution is 5.93. The Morgan fingerprint density at radius 3 is 2.65 bits per heavy atom. The van der Waals surface area contributed by atoms with Crippen molar-refractivity contribution >= 4 is 11.6 Å². The number of hydrogen-bond donors (Lipinski definition) is 0. The van der Waals surface area contributed by atoms with E-state index in [9.17, 15) is 9.59 Å². The van der Waals surface area contributed by atoms with Gasteiger partial charge in [-0.15, -0.1) is 0 Å². The Bertz CT molecular complexity index is 715. The van der Waals surface area contributed by atoms with Gasteiger partial charge in [0.25, 0.3) is 0 Å². The first-order valence-corrected chi connectivity index (χ1v) is 10.3. The number of hydrogen-bond acceptors (Lipinski definition) is 3. The largest absolute Gasteiger partial charge is 0.374 e. The monoisotopic (exact) mass is 356 g/mol. The SMILES string of the molecule is COC(C)C(=O)C1(C)CCC2C3CCC4=CC(=O)CCC4=C3CCC21C. The normalized spacial score (nSPS) is 40.5. The van der Waals surface area contributed by atoms with Crippen molar-refractivity contribution in [2.24, 2.45) is 22.7 Å². The minimum atomic E-state index is -0.319. The standard InChI is InChI=1S/C23H32O3/c1-14(26-4)21(25)23(3)12-10-20-19-7-5-15-13-16(24)6-8-17(15)18(19)9-11-22(20,23)2/h13-14,19-20H,5-12H2,1-4H3. The molecular formula is C23H32O3. The van der Waals surface area contributed by atoms with Crippen LogP contribution < -0.4 is 0 Å². The third-order valence-electron chi connectivity index (χ3n) is 8.60. The average Bonchev–Trinajstić information content (AvgIpc) is 2.92. The van der Waals surface area contributed by atoms with Crippen LogP contribution in [0.2, 0.25) is 0 Å². The zero-order chi connectivity index (χ0) is 18.7. The summed E-state index contributed by atoms with van der Waals surface area (Å²) in [5.41, 5.74) is 4.25. The van der Waals surface area contributed by atoms with Crippen LogP contribution in [0.25, 0.3) is 0 Å². The zero-order valence-electron chi connectivity index (χ0n) is 16.7. The van der Waals surface area contributed by atoms with Crippen molar-refractivity contribution in [3.05, 3.63) is 22.8 Å². The quantitative estimate of drug-likeness (QED) is 0.729. The second-order valence-electron chi connectivity index (χ2n) is 9.42. The van der Waals surface area contributed by atoms with Gasteiger partial charge in [0.15, 0.2) is 11.6 Å². The molecule has 0 aromatic carbocycles. The first-order valence-electron chi connectivity index (χ1n) is 10.3. The minimum Gasteiger partial charge on any atom is -0.374 e. The van der Waals surface area contributed by atoms with Crippen molar-refractivity contribution < 1.29 is 14.3 Å². The minimum absolute atomic E-state index is 0.0668.